The minimum absolute atomic E-state index is 0.237. The summed E-state index contributed by atoms with van der Waals surface area (Å²) in [5, 5.41) is 0. The molecule has 110 valence electrons. The highest BCUT2D eigenvalue weighted by molar-refractivity contribution is 5.76. The van der Waals surface area contributed by atoms with Crippen molar-refractivity contribution in [3.05, 3.63) is 60.2 Å². The van der Waals surface area contributed by atoms with Crippen LogP contribution in [-0.4, -0.2) is 26.1 Å². The van der Waals surface area contributed by atoms with E-state index in [0.29, 0.717) is 6.61 Å². The first-order valence-corrected chi connectivity index (χ1v) is 6.91. The van der Waals surface area contributed by atoms with Crippen LogP contribution < -0.4 is 15.4 Å². The van der Waals surface area contributed by atoms with E-state index >= 15 is 0 Å². The van der Waals surface area contributed by atoms with Crippen LogP contribution in [0.5, 0.6) is 5.75 Å². The zero-order valence-electron chi connectivity index (χ0n) is 12.2. The van der Waals surface area contributed by atoms with Crippen molar-refractivity contribution >= 4 is 11.6 Å². The van der Waals surface area contributed by atoms with E-state index in [4.69, 9.17) is 10.5 Å². The van der Waals surface area contributed by atoms with Gasteiger partial charge in [-0.1, -0.05) is 30.3 Å². The predicted octanol–water partition coefficient (Wildman–Crippen LogP) is 2.23. The van der Waals surface area contributed by atoms with Crippen LogP contribution in [0.2, 0.25) is 0 Å². The minimum atomic E-state index is -0.337. The Hall–Kier alpha value is -2.49. The summed E-state index contributed by atoms with van der Waals surface area (Å²) in [6, 6.07) is 17.6. The number of anilines is 1. The SMILES string of the molecule is CN(CCOc1cccc(CC(N)=O)c1)c1ccccc1. The Bertz CT molecular complexity index is 584. The summed E-state index contributed by atoms with van der Waals surface area (Å²) in [6.07, 6.45) is 0.237. The van der Waals surface area contributed by atoms with Gasteiger partial charge in [0.1, 0.15) is 12.4 Å². The summed E-state index contributed by atoms with van der Waals surface area (Å²) in [7, 11) is 2.03. The molecule has 0 spiro atoms. The quantitative estimate of drug-likeness (QED) is 0.848. The van der Waals surface area contributed by atoms with E-state index in [0.717, 1.165) is 23.5 Å². The number of rotatable bonds is 7. The third-order valence-corrected chi connectivity index (χ3v) is 3.17. The second-order valence-corrected chi connectivity index (χ2v) is 4.90. The number of hydrogen-bond acceptors (Lipinski definition) is 3. The molecule has 0 aromatic heterocycles. The maximum absolute atomic E-state index is 10.9. The van der Waals surface area contributed by atoms with Crippen LogP contribution in [0, 0.1) is 0 Å². The van der Waals surface area contributed by atoms with Crippen molar-refractivity contribution in [2.75, 3.05) is 25.1 Å². The monoisotopic (exact) mass is 284 g/mol. The lowest BCUT2D eigenvalue weighted by molar-refractivity contribution is -0.117. The zero-order valence-corrected chi connectivity index (χ0v) is 12.2. The molecule has 4 nitrogen and oxygen atoms in total. The molecular formula is C17H20N2O2. The van der Waals surface area contributed by atoms with Gasteiger partial charge in [0, 0.05) is 12.7 Å². The number of likely N-dealkylation sites (N-methyl/N-ethyl adjacent to an activating group) is 1. The van der Waals surface area contributed by atoms with Gasteiger partial charge < -0.3 is 15.4 Å². The lowest BCUT2D eigenvalue weighted by atomic mass is 10.1. The molecule has 0 bridgehead atoms. The highest BCUT2D eigenvalue weighted by atomic mass is 16.5. The summed E-state index contributed by atoms with van der Waals surface area (Å²) >= 11 is 0. The topological polar surface area (TPSA) is 55.6 Å². The van der Waals surface area contributed by atoms with E-state index in [1.165, 1.54) is 0 Å². The standard InChI is InChI=1S/C17H20N2O2/c1-19(15-7-3-2-4-8-15)10-11-21-16-9-5-6-14(12-16)13-17(18)20/h2-9,12H,10-11,13H2,1H3,(H2,18,20). The molecule has 0 aliphatic heterocycles. The second-order valence-electron chi connectivity index (χ2n) is 4.90. The minimum Gasteiger partial charge on any atom is -0.492 e. The molecule has 21 heavy (non-hydrogen) atoms. The highest BCUT2D eigenvalue weighted by Crippen LogP contribution is 2.14. The third-order valence-electron chi connectivity index (χ3n) is 3.17. The fourth-order valence-corrected chi connectivity index (χ4v) is 2.06. The average Bonchev–Trinajstić information content (AvgIpc) is 2.48. The van der Waals surface area contributed by atoms with Crippen molar-refractivity contribution in [3.8, 4) is 5.75 Å². The Balaban J connectivity index is 1.84. The number of carbonyl (C=O) groups excluding carboxylic acids is 1. The normalized spacial score (nSPS) is 10.1. The van der Waals surface area contributed by atoms with Crippen LogP contribution in [0.15, 0.2) is 54.6 Å². The molecule has 0 fully saturated rings. The molecule has 2 aromatic rings. The Kier molecular flexibility index (Phi) is 5.21. The average molecular weight is 284 g/mol. The first-order valence-electron chi connectivity index (χ1n) is 6.91. The van der Waals surface area contributed by atoms with E-state index in [1.807, 2.05) is 49.5 Å². The molecule has 0 saturated heterocycles. The molecule has 0 saturated carbocycles. The van der Waals surface area contributed by atoms with Gasteiger partial charge in [0.05, 0.1) is 13.0 Å². The fourth-order valence-electron chi connectivity index (χ4n) is 2.06. The Morgan fingerprint density at radius 2 is 1.90 bits per heavy atom. The molecule has 0 atom stereocenters. The number of amides is 1. The number of nitrogens with zero attached hydrogens (tertiary/aromatic N) is 1. The first kappa shape index (κ1) is 14.9. The lowest BCUT2D eigenvalue weighted by Gasteiger charge is -2.19. The van der Waals surface area contributed by atoms with Crippen LogP contribution in [-0.2, 0) is 11.2 Å². The van der Waals surface area contributed by atoms with Crippen LogP contribution in [0.1, 0.15) is 5.56 Å². The van der Waals surface area contributed by atoms with Crippen LogP contribution in [0.25, 0.3) is 0 Å². The number of carbonyl (C=O) groups is 1. The van der Waals surface area contributed by atoms with Crippen LogP contribution >= 0.6 is 0 Å². The van der Waals surface area contributed by atoms with E-state index in [1.54, 1.807) is 0 Å². The molecule has 2 aromatic carbocycles. The third kappa shape index (κ3) is 4.84. The van der Waals surface area contributed by atoms with E-state index in [2.05, 4.69) is 17.0 Å². The van der Waals surface area contributed by atoms with Crippen molar-refractivity contribution in [1.82, 2.24) is 0 Å². The zero-order chi connectivity index (χ0) is 15.1. The fraction of sp³-hybridized carbons (Fsp3) is 0.235. The summed E-state index contributed by atoms with van der Waals surface area (Å²) < 4.78 is 5.73. The summed E-state index contributed by atoms with van der Waals surface area (Å²) in [6.45, 7) is 1.36. The van der Waals surface area contributed by atoms with Crippen molar-refractivity contribution in [1.29, 1.82) is 0 Å². The van der Waals surface area contributed by atoms with Gasteiger partial charge in [-0.05, 0) is 29.8 Å². The van der Waals surface area contributed by atoms with Gasteiger partial charge in [-0.3, -0.25) is 4.79 Å². The van der Waals surface area contributed by atoms with Gasteiger partial charge >= 0.3 is 0 Å². The molecule has 2 rings (SSSR count). The van der Waals surface area contributed by atoms with Gasteiger partial charge in [0.2, 0.25) is 5.91 Å². The molecule has 0 unspecified atom stereocenters. The predicted molar refractivity (Wildman–Crippen MR) is 84.5 cm³/mol. The molecule has 4 heteroatoms. The van der Waals surface area contributed by atoms with E-state index < -0.39 is 0 Å². The molecule has 0 heterocycles. The smallest absolute Gasteiger partial charge is 0.221 e. The molecule has 2 N–H and O–H groups in total. The maximum Gasteiger partial charge on any atom is 0.221 e. The lowest BCUT2D eigenvalue weighted by Crippen LogP contribution is -2.23. The number of ether oxygens (including phenoxy) is 1. The number of benzene rings is 2. The summed E-state index contributed by atoms with van der Waals surface area (Å²) in [5.41, 5.74) is 7.22. The maximum atomic E-state index is 10.9. The Labute approximate surface area is 125 Å². The highest BCUT2D eigenvalue weighted by Gasteiger charge is 2.02. The Morgan fingerprint density at radius 3 is 2.62 bits per heavy atom. The van der Waals surface area contributed by atoms with Crippen molar-refractivity contribution in [2.45, 2.75) is 6.42 Å². The van der Waals surface area contributed by atoms with Gasteiger partial charge in [0.25, 0.3) is 0 Å². The second kappa shape index (κ2) is 7.33. The van der Waals surface area contributed by atoms with Crippen molar-refractivity contribution in [2.24, 2.45) is 5.73 Å². The number of nitrogens with two attached hydrogens (primary N) is 1. The molecular weight excluding hydrogens is 264 g/mol. The van der Waals surface area contributed by atoms with Gasteiger partial charge in [-0.25, -0.2) is 0 Å². The first-order chi connectivity index (χ1) is 10.1. The largest absolute Gasteiger partial charge is 0.492 e. The number of hydrogen-bond donors (Lipinski definition) is 1. The summed E-state index contributed by atoms with van der Waals surface area (Å²) in [4.78, 5) is 13.0. The van der Waals surface area contributed by atoms with Crippen LogP contribution in [0.4, 0.5) is 5.69 Å². The van der Waals surface area contributed by atoms with Crippen molar-refractivity contribution in [3.63, 3.8) is 0 Å². The van der Waals surface area contributed by atoms with E-state index in [-0.39, 0.29) is 12.3 Å². The molecule has 0 radical (unpaired) electrons. The van der Waals surface area contributed by atoms with Gasteiger partial charge in [-0.15, -0.1) is 0 Å². The van der Waals surface area contributed by atoms with Crippen molar-refractivity contribution < 1.29 is 9.53 Å². The van der Waals surface area contributed by atoms with E-state index in [9.17, 15) is 4.79 Å². The molecule has 1 amide bonds. The van der Waals surface area contributed by atoms with Gasteiger partial charge in [-0.2, -0.15) is 0 Å². The molecule has 0 aliphatic carbocycles. The van der Waals surface area contributed by atoms with Crippen LogP contribution in [0.3, 0.4) is 0 Å². The number of primary amides is 1. The summed E-state index contributed by atoms with van der Waals surface area (Å²) in [5.74, 6) is 0.422. The molecule has 0 aliphatic rings. The van der Waals surface area contributed by atoms with Gasteiger partial charge in [0.15, 0.2) is 0 Å². The Morgan fingerprint density at radius 1 is 1.14 bits per heavy atom. The number of para-hydroxylation sites is 1.